The van der Waals surface area contributed by atoms with Crippen LogP contribution < -0.4 is 5.32 Å². The molecule has 6 heteroatoms. The fourth-order valence-electron chi connectivity index (χ4n) is 3.19. The van der Waals surface area contributed by atoms with E-state index >= 15 is 0 Å². The number of anilines is 2. The van der Waals surface area contributed by atoms with Crippen molar-refractivity contribution in [3.05, 3.63) is 46.9 Å². The van der Waals surface area contributed by atoms with E-state index in [1.807, 2.05) is 6.92 Å². The minimum absolute atomic E-state index is 0.129. The first-order valence-electron chi connectivity index (χ1n) is 8.41. The van der Waals surface area contributed by atoms with Gasteiger partial charge >= 0.3 is 0 Å². The largest absolute Gasteiger partial charge is 0.339 e. The zero-order valence-electron chi connectivity index (χ0n) is 14.7. The molecule has 0 aliphatic carbocycles. The van der Waals surface area contributed by atoms with Gasteiger partial charge in [-0.1, -0.05) is 6.07 Å². The zero-order chi connectivity index (χ0) is 18.1. The highest BCUT2D eigenvalue weighted by Crippen LogP contribution is 2.28. The molecule has 1 aromatic carbocycles. The number of ketones is 1. The summed E-state index contributed by atoms with van der Waals surface area (Å²) in [4.78, 5) is 26.5. The first-order valence-corrected chi connectivity index (χ1v) is 8.41. The molecule has 5 nitrogen and oxygen atoms in total. The Hall–Kier alpha value is -2.63. The number of carbonyl (C=O) groups excluding carboxylic acids is 2. The van der Waals surface area contributed by atoms with E-state index in [9.17, 15) is 14.0 Å². The van der Waals surface area contributed by atoms with E-state index in [1.165, 1.54) is 13.0 Å². The molecule has 1 aliphatic rings. The molecule has 0 bridgehead atoms. The van der Waals surface area contributed by atoms with Crippen molar-refractivity contribution in [3.8, 4) is 0 Å². The molecule has 0 radical (unpaired) electrons. The number of hydrogen-bond acceptors (Lipinski definition) is 3. The molecule has 0 saturated carbocycles. The Labute approximate surface area is 146 Å². The van der Waals surface area contributed by atoms with Crippen molar-refractivity contribution >= 4 is 23.2 Å². The number of likely N-dealkylation sites (tertiary alicyclic amines) is 1. The molecule has 2 heterocycles. The maximum absolute atomic E-state index is 14.2. The molecule has 1 aromatic heterocycles. The van der Waals surface area contributed by atoms with Gasteiger partial charge in [0.2, 0.25) is 0 Å². The second-order valence-corrected chi connectivity index (χ2v) is 6.51. The molecule has 1 amide bonds. The summed E-state index contributed by atoms with van der Waals surface area (Å²) in [5.74, 6) is -0.235. The molecule has 1 fully saturated rings. The van der Waals surface area contributed by atoms with Gasteiger partial charge in [-0.15, -0.1) is 0 Å². The molecule has 132 valence electrons. The van der Waals surface area contributed by atoms with Crippen molar-refractivity contribution in [2.24, 2.45) is 7.05 Å². The first-order chi connectivity index (χ1) is 11.9. The SMILES string of the molecule is CC(=O)c1cc(C(=O)N2CCCC2)c(Nc2ccc(C)cc2F)n1C. The van der Waals surface area contributed by atoms with Gasteiger partial charge < -0.3 is 14.8 Å². The van der Waals surface area contributed by atoms with Gasteiger partial charge in [0.05, 0.1) is 16.9 Å². The van der Waals surface area contributed by atoms with Crippen LogP contribution in [0.1, 0.15) is 46.2 Å². The number of Topliss-reactive ketones (excluding diaryl/α,β-unsaturated/α-hetero) is 1. The second kappa shape index (κ2) is 6.70. The van der Waals surface area contributed by atoms with Crippen molar-refractivity contribution in [1.29, 1.82) is 0 Å². The molecule has 0 unspecified atom stereocenters. The molecule has 1 N–H and O–H groups in total. The summed E-state index contributed by atoms with van der Waals surface area (Å²) in [6.45, 7) is 4.68. The van der Waals surface area contributed by atoms with Crippen LogP contribution in [0.3, 0.4) is 0 Å². The Morgan fingerprint density at radius 3 is 2.44 bits per heavy atom. The summed E-state index contributed by atoms with van der Waals surface area (Å²) in [5, 5.41) is 3.00. The van der Waals surface area contributed by atoms with Gasteiger partial charge in [0.1, 0.15) is 11.6 Å². The minimum Gasteiger partial charge on any atom is -0.339 e. The number of aryl methyl sites for hydroxylation is 1. The average Bonchev–Trinajstić information content (AvgIpc) is 3.18. The van der Waals surface area contributed by atoms with E-state index in [2.05, 4.69) is 5.32 Å². The third kappa shape index (κ3) is 3.29. The zero-order valence-corrected chi connectivity index (χ0v) is 14.7. The monoisotopic (exact) mass is 343 g/mol. The van der Waals surface area contributed by atoms with Gasteiger partial charge in [-0.3, -0.25) is 9.59 Å². The molecular formula is C19H22FN3O2. The van der Waals surface area contributed by atoms with Crippen LogP contribution in [-0.2, 0) is 7.05 Å². The number of hydrogen-bond donors (Lipinski definition) is 1. The Balaban J connectivity index is 2.03. The van der Waals surface area contributed by atoms with Gasteiger partial charge in [0.15, 0.2) is 5.78 Å². The van der Waals surface area contributed by atoms with Crippen molar-refractivity contribution in [2.45, 2.75) is 26.7 Å². The smallest absolute Gasteiger partial charge is 0.257 e. The standard InChI is InChI=1S/C19H22FN3O2/c1-12-6-7-16(15(20)10-12)21-18-14(11-17(13(2)24)22(18)3)19(25)23-8-4-5-9-23/h6-7,10-11,21H,4-5,8-9H2,1-3H3. The summed E-state index contributed by atoms with van der Waals surface area (Å²) in [6.07, 6.45) is 1.96. The molecule has 25 heavy (non-hydrogen) atoms. The lowest BCUT2D eigenvalue weighted by Crippen LogP contribution is -2.28. The minimum atomic E-state index is -0.398. The van der Waals surface area contributed by atoms with E-state index in [0.717, 1.165) is 18.4 Å². The van der Waals surface area contributed by atoms with Crippen LogP contribution >= 0.6 is 0 Å². The van der Waals surface area contributed by atoms with Crippen LogP contribution in [0.25, 0.3) is 0 Å². The molecule has 0 atom stereocenters. The van der Waals surface area contributed by atoms with Gasteiger partial charge in [0, 0.05) is 27.1 Å². The van der Waals surface area contributed by atoms with E-state index in [0.29, 0.717) is 30.2 Å². The number of nitrogens with zero attached hydrogens (tertiary/aromatic N) is 2. The van der Waals surface area contributed by atoms with E-state index in [-0.39, 0.29) is 17.4 Å². The molecule has 0 spiro atoms. The number of amides is 1. The lowest BCUT2D eigenvalue weighted by Gasteiger charge is -2.17. The van der Waals surface area contributed by atoms with Crippen LogP contribution in [0, 0.1) is 12.7 Å². The predicted molar refractivity (Wildman–Crippen MR) is 95.0 cm³/mol. The van der Waals surface area contributed by atoms with Crippen LogP contribution in [-0.4, -0.2) is 34.2 Å². The highest BCUT2D eigenvalue weighted by atomic mass is 19.1. The number of halogens is 1. The van der Waals surface area contributed by atoms with Crippen molar-refractivity contribution in [1.82, 2.24) is 9.47 Å². The van der Waals surface area contributed by atoms with Gasteiger partial charge in [-0.25, -0.2) is 4.39 Å². The highest BCUT2D eigenvalue weighted by Gasteiger charge is 2.26. The van der Waals surface area contributed by atoms with Crippen molar-refractivity contribution in [3.63, 3.8) is 0 Å². The van der Waals surface area contributed by atoms with Crippen LogP contribution in [0.2, 0.25) is 0 Å². The number of carbonyl (C=O) groups is 2. The van der Waals surface area contributed by atoms with Crippen molar-refractivity contribution in [2.75, 3.05) is 18.4 Å². The Bertz CT molecular complexity index is 835. The summed E-state index contributed by atoms with van der Waals surface area (Å²) in [7, 11) is 1.70. The van der Waals surface area contributed by atoms with Crippen molar-refractivity contribution < 1.29 is 14.0 Å². The summed E-state index contributed by atoms with van der Waals surface area (Å²) < 4.78 is 15.8. The Morgan fingerprint density at radius 1 is 1.16 bits per heavy atom. The fraction of sp³-hybridized carbons (Fsp3) is 0.368. The lowest BCUT2D eigenvalue weighted by atomic mass is 10.2. The number of benzene rings is 1. The highest BCUT2D eigenvalue weighted by molar-refractivity contribution is 6.04. The third-order valence-electron chi connectivity index (χ3n) is 4.59. The first kappa shape index (κ1) is 17.2. The predicted octanol–water partition coefficient (Wildman–Crippen LogP) is 3.65. The Kier molecular flexibility index (Phi) is 4.61. The third-order valence-corrected chi connectivity index (χ3v) is 4.59. The van der Waals surface area contributed by atoms with Crippen LogP contribution in [0.4, 0.5) is 15.9 Å². The molecule has 1 aliphatic heterocycles. The molecule has 1 saturated heterocycles. The summed E-state index contributed by atoms with van der Waals surface area (Å²) in [5.41, 5.74) is 1.90. The number of rotatable bonds is 4. The van der Waals surface area contributed by atoms with E-state index in [4.69, 9.17) is 0 Å². The van der Waals surface area contributed by atoms with Crippen LogP contribution in [0.5, 0.6) is 0 Å². The maximum atomic E-state index is 14.2. The summed E-state index contributed by atoms with van der Waals surface area (Å²) >= 11 is 0. The average molecular weight is 343 g/mol. The van der Waals surface area contributed by atoms with Gasteiger partial charge in [-0.05, 0) is 43.5 Å². The fourth-order valence-corrected chi connectivity index (χ4v) is 3.19. The van der Waals surface area contributed by atoms with Gasteiger partial charge in [0.25, 0.3) is 5.91 Å². The van der Waals surface area contributed by atoms with Gasteiger partial charge in [-0.2, -0.15) is 0 Å². The maximum Gasteiger partial charge on any atom is 0.257 e. The second-order valence-electron chi connectivity index (χ2n) is 6.51. The van der Waals surface area contributed by atoms with E-state index in [1.54, 1.807) is 34.7 Å². The normalized spacial score (nSPS) is 14.0. The number of aromatic nitrogens is 1. The molecule has 3 rings (SSSR count). The lowest BCUT2D eigenvalue weighted by molar-refractivity contribution is 0.0794. The molecular weight excluding hydrogens is 321 g/mol. The quantitative estimate of drug-likeness (QED) is 0.862. The Morgan fingerprint density at radius 2 is 1.84 bits per heavy atom. The van der Waals surface area contributed by atoms with E-state index < -0.39 is 5.82 Å². The van der Waals surface area contributed by atoms with Crippen LogP contribution in [0.15, 0.2) is 24.3 Å². The number of nitrogens with one attached hydrogen (secondary N) is 1. The molecule has 2 aromatic rings. The topological polar surface area (TPSA) is 54.3 Å². The summed E-state index contributed by atoms with van der Waals surface area (Å²) in [6, 6.07) is 6.45.